The van der Waals surface area contributed by atoms with Gasteiger partial charge in [-0.25, -0.2) is 4.98 Å². The molecule has 0 radical (unpaired) electrons. The number of aryl methyl sites for hydroxylation is 1. The molecule has 1 N–H and O–H groups in total. The number of fused-ring (bicyclic) bond motifs is 1. The lowest BCUT2D eigenvalue weighted by atomic mass is 9.91. The molecule has 1 saturated heterocycles. The Morgan fingerprint density at radius 2 is 1.96 bits per heavy atom. The fraction of sp³-hybridized carbons (Fsp3) is 0.476. The monoisotopic (exact) mass is 387 g/mol. The molecule has 1 aliphatic heterocycles. The second-order valence-corrected chi connectivity index (χ2v) is 8.69. The van der Waals surface area contributed by atoms with E-state index >= 15 is 0 Å². The number of likely N-dealkylation sites (tertiary alicyclic amines) is 1. The number of hydrogen-bond donors (Lipinski definition) is 1. The van der Waals surface area contributed by atoms with Gasteiger partial charge in [0, 0.05) is 28.9 Å². The van der Waals surface area contributed by atoms with E-state index in [2.05, 4.69) is 10.3 Å². The van der Waals surface area contributed by atoms with E-state index in [1.54, 1.807) is 6.07 Å². The zero-order chi connectivity index (χ0) is 19.8. The van der Waals surface area contributed by atoms with Gasteiger partial charge in [-0.1, -0.05) is 38.4 Å². The Kier molecular flexibility index (Phi) is 5.43. The van der Waals surface area contributed by atoms with E-state index in [-0.39, 0.29) is 17.7 Å². The van der Waals surface area contributed by atoms with E-state index in [1.807, 2.05) is 50.8 Å². The van der Waals surface area contributed by atoms with Gasteiger partial charge in [0.15, 0.2) is 0 Å². The molecule has 2 aromatic rings. The summed E-state index contributed by atoms with van der Waals surface area (Å²) in [5, 5.41) is 4.43. The number of halogens is 1. The van der Waals surface area contributed by atoms with Gasteiger partial charge < -0.3 is 10.2 Å². The number of carbonyl (C=O) groups excluding carboxylic acids is 2. The molecule has 6 heteroatoms. The number of rotatable bonds is 2. The van der Waals surface area contributed by atoms with Crippen molar-refractivity contribution in [2.75, 3.05) is 18.4 Å². The molecule has 2 amide bonds. The third-order valence-corrected chi connectivity index (χ3v) is 5.31. The van der Waals surface area contributed by atoms with Crippen molar-refractivity contribution in [1.29, 1.82) is 0 Å². The van der Waals surface area contributed by atoms with E-state index in [0.717, 1.165) is 29.3 Å². The smallest absolute Gasteiger partial charge is 0.230 e. The predicted octanol–water partition coefficient (Wildman–Crippen LogP) is 4.42. The first-order chi connectivity index (χ1) is 12.7. The predicted molar refractivity (Wildman–Crippen MR) is 109 cm³/mol. The van der Waals surface area contributed by atoms with Gasteiger partial charge in [0.05, 0.1) is 11.4 Å². The normalized spacial score (nSPS) is 17.8. The van der Waals surface area contributed by atoms with Crippen molar-refractivity contribution in [1.82, 2.24) is 9.88 Å². The Hall–Kier alpha value is -2.14. The molecule has 2 heterocycles. The molecule has 0 saturated carbocycles. The van der Waals surface area contributed by atoms with Gasteiger partial charge in [0.1, 0.15) is 5.82 Å². The lowest BCUT2D eigenvalue weighted by Crippen LogP contribution is -2.47. The number of hydrogen-bond acceptors (Lipinski definition) is 3. The molecule has 1 aromatic carbocycles. The summed E-state index contributed by atoms with van der Waals surface area (Å²) >= 11 is 6.23. The van der Waals surface area contributed by atoms with Crippen LogP contribution in [0.4, 0.5) is 5.82 Å². The van der Waals surface area contributed by atoms with Crippen molar-refractivity contribution in [3.8, 4) is 0 Å². The first kappa shape index (κ1) is 19.6. The first-order valence-corrected chi connectivity index (χ1v) is 9.71. The fourth-order valence-corrected chi connectivity index (χ4v) is 3.68. The second-order valence-electron chi connectivity index (χ2n) is 8.29. The molecular weight excluding hydrogens is 362 g/mol. The third-order valence-electron chi connectivity index (χ3n) is 4.98. The van der Waals surface area contributed by atoms with Gasteiger partial charge in [0.25, 0.3) is 0 Å². The molecule has 1 unspecified atom stereocenters. The van der Waals surface area contributed by atoms with Crippen molar-refractivity contribution in [3.63, 3.8) is 0 Å². The molecule has 1 aromatic heterocycles. The Morgan fingerprint density at radius 3 is 2.67 bits per heavy atom. The standard InChI is InChI=1S/C21H26ClN3O2/c1-13-7-9-16(22)15-8-10-17(23-18(13)15)24-19(26)14-6-5-11-25(12-14)20(27)21(2,3)4/h7-10,14H,5-6,11-12H2,1-4H3,(H,23,24,26). The molecule has 144 valence electrons. The van der Waals surface area contributed by atoms with Crippen LogP contribution < -0.4 is 5.32 Å². The summed E-state index contributed by atoms with van der Waals surface area (Å²) < 4.78 is 0. The molecular formula is C21H26ClN3O2. The zero-order valence-corrected chi connectivity index (χ0v) is 17.1. The van der Waals surface area contributed by atoms with E-state index in [9.17, 15) is 9.59 Å². The first-order valence-electron chi connectivity index (χ1n) is 9.33. The molecule has 5 nitrogen and oxygen atoms in total. The summed E-state index contributed by atoms with van der Waals surface area (Å²) in [6.45, 7) is 8.86. The van der Waals surface area contributed by atoms with E-state index in [1.165, 1.54) is 0 Å². The topological polar surface area (TPSA) is 62.3 Å². The van der Waals surface area contributed by atoms with E-state index in [0.29, 0.717) is 23.9 Å². The number of anilines is 1. The highest BCUT2D eigenvalue weighted by molar-refractivity contribution is 6.35. The third kappa shape index (κ3) is 4.24. The van der Waals surface area contributed by atoms with E-state index < -0.39 is 5.41 Å². The number of amides is 2. The minimum Gasteiger partial charge on any atom is -0.341 e. The minimum atomic E-state index is -0.435. The number of nitrogens with one attached hydrogen (secondary N) is 1. The molecule has 1 fully saturated rings. The van der Waals surface area contributed by atoms with Gasteiger partial charge >= 0.3 is 0 Å². The summed E-state index contributed by atoms with van der Waals surface area (Å²) in [7, 11) is 0. The van der Waals surface area contributed by atoms with E-state index in [4.69, 9.17) is 11.6 Å². The maximum Gasteiger partial charge on any atom is 0.230 e. The zero-order valence-electron chi connectivity index (χ0n) is 16.3. The van der Waals surface area contributed by atoms with Crippen molar-refractivity contribution >= 4 is 40.1 Å². The SMILES string of the molecule is Cc1ccc(Cl)c2ccc(NC(=O)C3CCCN(C(=O)C(C)(C)C)C3)nc12. The number of carbonyl (C=O) groups is 2. The summed E-state index contributed by atoms with van der Waals surface area (Å²) in [5.74, 6) is 0.294. The summed E-state index contributed by atoms with van der Waals surface area (Å²) in [6, 6.07) is 7.42. The summed E-state index contributed by atoms with van der Waals surface area (Å²) in [6.07, 6.45) is 1.61. The highest BCUT2D eigenvalue weighted by atomic mass is 35.5. The average molecular weight is 388 g/mol. The number of benzene rings is 1. The maximum absolute atomic E-state index is 12.8. The molecule has 0 aliphatic carbocycles. The minimum absolute atomic E-state index is 0.0899. The summed E-state index contributed by atoms with van der Waals surface area (Å²) in [5.41, 5.74) is 1.35. The molecule has 1 aliphatic rings. The largest absolute Gasteiger partial charge is 0.341 e. The Morgan fingerprint density at radius 1 is 1.22 bits per heavy atom. The Balaban J connectivity index is 1.74. The highest BCUT2D eigenvalue weighted by Gasteiger charge is 2.33. The highest BCUT2D eigenvalue weighted by Crippen LogP contribution is 2.27. The number of piperidine rings is 1. The molecule has 3 rings (SSSR count). The average Bonchev–Trinajstić information content (AvgIpc) is 2.63. The molecule has 0 spiro atoms. The molecule has 1 atom stereocenters. The summed E-state index contributed by atoms with van der Waals surface area (Å²) in [4.78, 5) is 31.7. The van der Waals surface area contributed by atoms with Crippen LogP contribution in [0.2, 0.25) is 5.02 Å². The number of aromatic nitrogens is 1. The lowest BCUT2D eigenvalue weighted by Gasteiger charge is -2.35. The van der Waals surface area contributed by atoms with Crippen LogP contribution in [-0.2, 0) is 9.59 Å². The van der Waals surface area contributed by atoms with Crippen LogP contribution in [0.1, 0.15) is 39.2 Å². The Labute approximate surface area is 165 Å². The van der Waals surface area contributed by atoms with Gasteiger partial charge in [0.2, 0.25) is 11.8 Å². The van der Waals surface area contributed by atoms with Gasteiger partial charge in [-0.2, -0.15) is 0 Å². The quantitative estimate of drug-likeness (QED) is 0.829. The lowest BCUT2D eigenvalue weighted by molar-refractivity contribution is -0.142. The second kappa shape index (κ2) is 7.47. The van der Waals surface area contributed by atoms with Crippen LogP contribution >= 0.6 is 11.6 Å². The molecule has 27 heavy (non-hydrogen) atoms. The van der Waals surface area contributed by atoms with Crippen LogP contribution in [-0.4, -0.2) is 34.8 Å². The van der Waals surface area contributed by atoms with Crippen LogP contribution in [0.3, 0.4) is 0 Å². The maximum atomic E-state index is 12.8. The van der Waals surface area contributed by atoms with Crippen molar-refractivity contribution in [3.05, 3.63) is 34.9 Å². The van der Waals surface area contributed by atoms with Crippen molar-refractivity contribution in [2.45, 2.75) is 40.5 Å². The van der Waals surface area contributed by atoms with Crippen molar-refractivity contribution < 1.29 is 9.59 Å². The van der Waals surface area contributed by atoms with Gasteiger partial charge in [-0.05, 0) is 43.5 Å². The van der Waals surface area contributed by atoms with Gasteiger partial charge in [-0.3, -0.25) is 9.59 Å². The van der Waals surface area contributed by atoms with Gasteiger partial charge in [-0.15, -0.1) is 0 Å². The number of nitrogens with zero attached hydrogens (tertiary/aromatic N) is 2. The Bertz CT molecular complexity index is 889. The van der Waals surface area contributed by atoms with Crippen LogP contribution in [0.5, 0.6) is 0 Å². The van der Waals surface area contributed by atoms with Crippen LogP contribution in [0, 0.1) is 18.3 Å². The molecule has 0 bridgehead atoms. The number of pyridine rings is 1. The van der Waals surface area contributed by atoms with Crippen LogP contribution in [0.25, 0.3) is 10.9 Å². The van der Waals surface area contributed by atoms with Crippen molar-refractivity contribution in [2.24, 2.45) is 11.3 Å². The fourth-order valence-electron chi connectivity index (χ4n) is 3.47. The van der Waals surface area contributed by atoms with Crippen LogP contribution in [0.15, 0.2) is 24.3 Å².